The molecule has 3 heterocycles. The summed E-state index contributed by atoms with van der Waals surface area (Å²) in [5.74, 6) is 1.87. The van der Waals surface area contributed by atoms with Crippen LogP contribution in [0, 0.1) is 6.92 Å². The van der Waals surface area contributed by atoms with Crippen molar-refractivity contribution in [2.75, 3.05) is 32.7 Å². The Morgan fingerprint density at radius 1 is 1.03 bits per heavy atom. The lowest BCUT2D eigenvalue weighted by molar-refractivity contribution is 0.0633. The Morgan fingerprint density at radius 2 is 1.77 bits per heavy atom. The minimum Gasteiger partial charge on any atom is -0.456 e. The van der Waals surface area contributed by atoms with Crippen LogP contribution in [0.5, 0.6) is 0 Å². The number of benzene rings is 1. The number of nitrogens with zero attached hydrogens (tertiary/aromatic N) is 4. The molecule has 0 bridgehead atoms. The quantitative estimate of drug-likeness (QED) is 0.663. The molecule has 0 spiro atoms. The van der Waals surface area contributed by atoms with E-state index < -0.39 is 0 Å². The molecule has 1 aliphatic rings. The van der Waals surface area contributed by atoms with E-state index in [1.807, 2.05) is 31.3 Å². The standard InChI is InChI=1S/C23H27N5O3/c1-18-7-8-20(31-18)22(29)26-13-15-27(16-14-26)23(30)25-10-9-21-24-11-12-28(21)17-19-5-3-2-4-6-19/h2-8,11-12H,9-10,13-17H2,1H3,(H,25,30). The van der Waals surface area contributed by atoms with Gasteiger partial charge in [0.25, 0.3) is 5.91 Å². The molecule has 3 amide bonds. The Labute approximate surface area is 181 Å². The fourth-order valence-corrected chi connectivity index (χ4v) is 3.70. The Kier molecular flexibility index (Phi) is 6.35. The second-order valence-electron chi connectivity index (χ2n) is 7.63. The van der Waals surface area contributed by atoms with Crippen molar-refractivity contribution in [3.05, 3.63) is 77.8 Å². The van der Waals surface area contributed by atoms with Crippen LogP contribution in [0.25, 0.3) is 0 Å². The van der Waals surface area contributed by atoms with E-state index in [1.54, 1.807) is 28.1 Å². The first-order valence-electron chi connectivity index (χ1n) is 10.5. The van der Waals surface area contributed by atoms with E-state index in [0.717, 1.165) is 12.4 Å². The number of urea groups is 1. The number of aromatic nitrogens is 2. The van der Waals surface area contributed by atoms with Gasteiger partial charge in [-0.1, -0.05) is 30.3 Å². The number of hydrogen-bond acceptors (Lipinski definition) is 4. The van der Waals surface area contributed by atoms with E-state index in [1.165, 1.54) is 5.56 Å². The number of nitrogens with one attached hydrogen (secondary N) is 1. The maximum Gasteiger partial charge on any atom is 0.317 e. The molecule has 1 aliphatic heterocycles. The minimum atomic E-state index is -0.126. The molecule has 31 heavy (non-hydrogen) atoms. The summed E-state index contributed by atoms with van der Waals surface area (Å²) in [6, 6.07) is 13.6. The van der Waals surface area contributed by atoms with Crippen molar-refractivity contribution in [3.63, 3.8) is 0 Å². The SMILES string of the molecule is Cc1ccc(C(=O)N2CCN(C(=O)NCCc3nccn3Cc3ccccc3)CC2)o1. The molecular weight excluding hydrogens is 394 g/mol. The number of amides is 3. The predicted molar refractivity (Wildman–Crippen MR) is 116 cm³/mol. The summed E-state index contributed by atoms with van der Waals surface area (Å²) < 4.78 is 7.52. The molecule has 1 N–H and O–H groups in total. The van der Waals surface area contributed by atoms with Crippen LogP contribution < -0.4 is 5.32 Å². The third-order valence-corrected chi connectivity index (χ3v) is 5.43. The van der Waals surface area contributed by atoms with Crippen molar-refractivity contribution in [1.29, 1.82) is 0 Å². The molecule has 0 saturated carbocycles. The van der Waals surface area contributed by atoms with Gasteiger partial charge in [-0.15, -0.1) is 0 Å². The fourth-order valence-electron chi connectivity index (χ4n) is 3.70. The highest BCUT2D eigenvalue weighted by atomic mass is 16.3. The zero-order valence-corrected chi connectivity index (χ0v) is 17.7. The van der Waals surface area contributed by atoms with Crippen LogP contribution in [0.3, 0.4) is 0 Å². The van der Waals surface area contributed by atoms with Crippen LogP contribution >= 0.6 is 0 Å². The molecule has 1 aromatic carbocycles. The van der Waals surface area contributed by atoms with Crippen LogP contribution in [0.15, 0.2) is 59.3 Å². The topological polar surface area (TPSA) is 83.6 Å². The van der Waals surface area contributed by atoms with Gasteiger partial charge in [-0.2, -0.15) is 0 Å². The summed E-state index contributed by atoms with van der Waals surface area (Å²) in [6.45, 7) is 5.07. The smallest absolute Gasteiger partial charge is 0.317 e. The Hall–Kier alpha value is -3.55. The summed E-state index contributed by atoms with van der Waals surface area (Å²) in [5.41, 5.74) is 1.21. The summed E-state index contributed by atoms with van der Waals surface area (Å²) in [7, 11) is 0. The van der Waals surface area contributed by atoms with E-state index in [-0.39, 0.29) is 11.9 Å². The molecule has 162 valence electrons. The van der Waals surface area contributed by atoms with Crippen molar-refractivity contribution in [2.45, 2.75) is 19.9 Å². The highest BCUT2D eigenvalue weighted by Crippen LogP contribution is 2.12. The number of imidazole rings is 1. The summed E-state index contributed by atoms with van der Waals surface area (Å²) in [5, 5.41) is 2.97. The summed E-state index contributed by atoms with van der Waals surface area (Å²) in [4.78, 5) is 32.9. The Balaban J connectivity index is 1.22. The molecule has 0 unspecified atom stereocenters. The third kappa shape index (κ3) is 5.14. The van der Waals surface area contributed by atoms with Gasteiger partial charge < -0.3 is 24.1 Å². The second kappa shape index (κ2) is 9.51. The van der Waals surface area contributed by atoms with Crippen molar-refractivity contribution in [2.24, 2.45) is 0 Å². The highest BCUT2D eigenvalue weighted by molar-refractivity contribution is 5.91. The molecule has 4 rings (SSSR count). The number of piperazine rings is 1. The molecule has 8 nitrogen and oxygen atoms in total. The van der Waals surface area contributed by atoms with Gasteiger partial charge >= 0.3 is 6.03 Å². The lowest BCUT2D eigenvalue weighted by Crippen LogP contribution is -2.53. The van der Waals surface area contributed by atoms with E-state index in [4.69, 9.17) is 4.42 Å². The molecular formula is C23H27N5O3. The van der Waals surface area contributed by atoms with Crippen LogP contribution in [0.1, 0.15) is 27.7 Å². The lowest BCUT2D eigenvalue weighted by atomic mass is 10.2. The van der Waals surface area contributed by atoms with E-state index >= 15 is 0 Å². The van der Waals surface area contributed by atoms with Crippen molar-refractivity contribution in [1.82, 2.24) is 24.7 Å². The average Bonchev–Trinajstić information content (AvgIpc) is 3.43. The van der Waals surface area contributed by atoms with E-state index in [2.05, 4.69) is 27.0 Å². The van der Waals surface area contributed by atoms with E-state index in [9.17, 15) is 9.59 Å². The largest absolute Gasteiger partial charge is 0.456 e. The lowest BCUT2D eigenvalue weighted by Gasteiger charge is -2.34. The van der Waals surface area contributed by atoms with Crippen molar-refractivity contribution >= 4 is 11.9 Å². The van der Waals surface area contributed by atoms with Crippen LogP contribution in [-0.2, 0) is 13.0 Å². The number of hydrogen-bond donors (Lipinski definition) is 1. The number of furan rings is 1. The highest BCUT2D eigenvalue weighted by Gasteiger charge is 2.26. The maximum absolute atomic E-state index is 12.5. The molecule has 2 aromatic heterocycles. The van der Waals surface area contributed by atoms with Gasteiger partial charge in [0.2, 0.25) is 0 Å². The zero-order chi connectivity index (χ0) is 21.6. The Bertz CT molecular complexity index is 1020. The zero-order valence-electron chi connectivity index (χ0n) is 17.7. The third-order valence-electron chi connectivity index (χ3n) is 5.43. The average molecular weight is 422 g/mol. The van der Waals surface area contributed by atoms with Gasteiger partial charge in [-0.25, -0.2) is 9.78 Å². The molecule has 0 aliphatic carbocycles. The van der Waals surface area contributed by atoms with Gasteiger partial charge in [-0.3, -0.25) is 4.79 Å². The molecule has 1 saturated heterocycles. The van der Waals surface area contributed by atoms with Crippen LogP contribution in [0.2, 0.25) is 0 Å². The molecule has 1 fully saturated rings. The first kappa shape index (κ1) is 20.7. The number of rotatable bonds is 6. The summed E-state index contributed by atoms with van der Waals surface area (Å²) in [6.07, 6.45) is 4.40. The molecule has 8 heteroatoms. The van der Waals surface area contributed by atoms with Gasteiger partial charge in [-0.05, 0) is 24.6 Å². The van der Waals surface area contributed by atoms with Crippen molar-refractivity contribution < 1.29 is 14.0 Å². The van der Waals surface area contributed by atoms with Gasteiger partial charge in [0, 0.05) is 58.1 Å². The van der Waals surface area contributed by atoms with Gasteiger partial charge in [0.15, 0.2) is 5.76 Å². The monoisotopic (exact) mass is 421 g/mol. The second-order valence-corrected chi connectivity index (χ2v) is 7.63. The van der Waals surface area contributed by atoms with Gasteiger partial charge in [0.1, 0.15) is 11.6 Å². The number of carbonyl (C=O) groups is 2. The number of carbonyl (C=O) groups excluding carboxylic acids is 2. The van der Waals surface area contributed by atoms with Crippen LogP contribution in [-0.4, -0.2) is 64.0 Å². The molecule has 0 radical (unpaired) electrons. The normalized spacial score (nSPS) is 14.0. The van der Waals surface area contributed by atoms with Crippen molar-refractivity contribution in [3.8, 4) is 0 Å². The minimum absolute atomic E-state index is 0.109. The number of aryl methyl sites for hydroxylation is 1. The molecule has 3 aromatic rings. The first-order chi connectivity index (χ1) is 15.1. The van der Waals surface area contributed by atoms with Crippen LogP contribution in [0.4, 0.5) is 4.79 Å². The first-order valence-corrected chi connectivity index (χ1v) is 10.5. The Morgan fingerprint density at radius 3 is 2.48 bits per heavy atom. The van der Waals surface area contributed by atoms with Gasteiger partial charge in [0.05, 0.1) is 0 Å². The van der Waals surface area contributed by atoms with E-state index in [0.29, 0.717) is 50.7 Å². The fraction of sp³-hybridized carbons (Fsp3) is 0.348. The predicted octanol–water partition coefficient (Wildman–Crippen LogP) is 2.54. The molecule has 0 atom stereocenters. The summed E-state index contributed by atoms with van der Waals surface area (Å²) >= 11 is 0. The maximum atomic E-state index is 12.5.